The third-order valence-electron chi connectivity index (χ3n) is 3.38. The van der Waals surface area contributed by atoms with Crippen LogP contribution < -0.4 is 0 Å². The Kier molecular flexibility index (Phi) is 3.71. The first-order chi connectivity index (χ1) is 8.50. The second kappa shape index (κ2) is 5.10. The zero-order valence-corrected chi connectivity index (χ0v) is 11.4. The zero-order chi connectivity index (χ0) is 13.3. The Morgan fingerprint density at radius 3 is 2.83 bits per heavy atom. The monoisotopic (exact) mass is 267 g/mol. The number of hydrogen-bond acceptors (Lipinski definition) is 3. The number of hydrogen-bond donors (Lipinski definition) is 1. The second-order valence-electron chi connectivity index (χ2n) is 4.82. The smallest absolute Gasteiger partial charge is 0.305 e. The normalized spacial score (nSPS) is 21.7. The summed E-state index contributed by atoms with van der Waals surface area (Å²) in [4.78, 5) is 25.4. The molecule has 1 fully saturated rings. The summed E-state index contributed by atoms with van der Waals surface area (Å²) in [5.74, 6) is -0.379. The summed E-state index contributed by atoms with van der Waals surface area (Å²) in [6, 6.07) is 2.08. The highest BCUT2D eigenvalue weighted by Gasteiger charge is 2.46. The fraction of sp³-hybridized carbons (Fsp3) is 0.538. The topological polar surface area (TPSA) is 57.6 Å². The van der Waals surface area contributed by atoms with Gasteiger partial charge >= 0.3 is 5.97 Å². The molecule has 0 bridgehead atoms. The van der Waals surface area contributed by atoms with Crippen molar-refractivity contribution in [2.45, 2.75) is 25.7 Å². The van der Waals surface area contributed by atoms with E-state index in [2.05, 4.69) is 18.4 Å². The van der Waals surface area contributed by atoms with E-state index in [-0.39, 0.29) is 18.2 Å². The van der Waals surface area contributed by atoms with Crippen LogP contribution in [0.4, 0.5) is 0 Å². The Labute approximate surface area is 110 Å². The number of aliphatic carboxylic acids is 1. The summed E-state index contributed by atoms with van der Waals surface area (Å²) in [5, 5.41) is 10.7. The zero-order valence-electron chi connectivity index (χ0n) is 10.5. The van der Waals surface area contributed by atoms with Crippen molar-refractivity contribution >= 4 is 23.2 Å². The van der Waals surface area contributed by atoms with E-state index in [9.17, 15) is 9.59 Å². The van der Waals surface area contributed by atoms with Gasteiger partial charge in [0.1, 0.15) is 0 Å². The Hall–Kier alpha value is -1.36. The van der Waals surface area contributed by atoms with Crippen molar-refractivity contribution in [3.05, 3.63) is 21.9 Å². The molecule has 1 heterocycles. The first-order valence-electron chi connectivity index (χ1n) is 6.01. The summed E-state index contributed by atoms with van der Waals surface area (Å²) >= 11 is 1.71. The molecule has 1 amide bonds. The molecular weight excluding hydrogens is 250 g/mol. The molecule has 0 unspecified atom stereocenters. The number of amides is 1. The molecule has 2 atom stereocenters. The van der Waals surface area contributed by atoms with E-state index >= 15 is 0 Å². The molecular formula is C13H17NO3S. The van der Waals surface area contributed by atoms with Gasteiger partial charge in [-0.15, -0.1) is 11.3 Å². The lowest BCUT2D eigenvalue weighted by atomic mass is 10.2. The molecule has 0 saturated heterocycles. The molecule has 1 aliphatic rings. The quantitative estimate of drug-likeness (QED) is 0.888. The number of thiophene rings is 1. The number of carbonyl (C=O) groups is 2. The van der Waals surface area contributed by atoms with Gasteiger partial charge in [0.25, 0.3) is 0 Å². The van der Waals surface area contributed by atoms with Gasteiger partial charge in [0.2, 0.25) is 5.91 Å². The van der Waals surface area contributed by atoms with Crippen LogP contribution in [0.2, 0.25) is 0 Å². The lowest BCUT2D eigenvalue weighted by molar-refractivity contribution is -0.138. The van der Waals surface area contributed by atoms with Gasteiger partial charge in [0.15, 0.2) is 0 Å². The average Bonchev–Trinajstić information content (AvgIpc) is 3.00. The first kappa shape index (κ1) is 13.1. The molecule has 1 aliphatic carbocycles. The van der Waals surface area contributed by atoms with Gasteiger partial charge < -0.3 is 10.0 Å². The summed E-state index contributed by atoms with van der Waals surface area (Å²) in [6.07, 6.45) is 0.912. The third-order valence-corrected chi connectivity index (χ3v) is 4.53. The SMILES string of the molecule is Cc1ccsc1[C@H]1C[C@@H]1C(=O)N(C)CCC(=O)O. The van der Waals surface area contributed by atoms with Gasteiger partial charge in [-0.2, -0.15) is 0 Å². The largest absolute Gasteiger partial charge is 0.481 e. The predicted octanol–water partition coefficient (Wildman–Crippen LogP) is 2.09. The number of aryl methyl sites for hydroxylation is 1. The first-order valence-corrected chi connectivity index (χ1v) is 6.89. The lowest BCUT2D eigenvalue weighted by Gasteiger charge is -2.15. The molecule has 0 radical (unpaired) electrons. The van der Waals surface area contributed by atoms with Crippen LogP contribution in [0.1, 0.15) is 29.2 Å². The van der Waals surface area contributed by atoms with Gasteiger partial charge in [-0.25, -0.2) is 0 Å². The molecule has 1 aromatic rings. The Morgan fingerprint density at radius 1 is 1.56 bits per heavy atom. The maximum atomic E-state index is 12.1. The van der Waals surface area contributed by atoms with Gasteiger partial charge in [0.05, 0.1) is 6.42 Å². The van der Waals surface area contributed by atoms with Crippen molar-refractivity contribution in [1.82, 2.24) is 4.90 Å². The number of nitrogens with zero attached hydrogens (tertiary/aromatic N) is 1. The van der Waals surface area contributed by atoms with E-state index in [0.717, 1.165) is 6.42 Å². The van der Waals surface area contributed by atoms with Crippen molar-refractivity contribution in [3.63, 3.8) is 0 Å². The maximum Gasteiger partial charge on any atom is 0.305 e. The van der Waals surface area contributed by atoms with Crippen LogP contribution in [0.5, 0.6) is 0 Å². The third kappa shape index (κ3) is 2.72. The highest BCUT2D eigenvalue weighted by molar-refractivity contribution is 7.10. The number of rotatable bonds is 5. The molecule has 98 valence electrons. The molecule has 1 N–H and O–H groups in total. The number of carboxylic acids is 1. The summed E-state index contributed by atoms with van der Waals surface area (Å²) in [5.41, 5.74) is 1.26. The fourth-order valence-corrected chi connectivity index (χ4v) is 3.29. The van der Waals surface area contributed by atoms with Gasteiger partial charge in [-0.1, -0.05) is 0 Å². The van der Waals surface area contributed by atoms with E-state index in [1.807, 2.05) is 0 Å². The molecule has 4 nitrogen and oxygen atoms in total. The summed E-state index contributed by atoms with van der Waals surface area (Å²) in [6.45, 7) is 2.36. The van der Waals surface area contributed by atoms with Crippen LogP contribution in [0.25, 0.3) is 0 Å². The molecule has 2 rings (SSSR count). The summed E-state index contributed by atoms with van der Waals surface area (Å²) < 4.78 is 0. The van der Waals surface area contributed by atoms with Gasteiger partial charge in [-0.05, 0) is 30.4 Å². The van der Waals surface area contributed by atoms with Crippen molar-refractivity contribution in [2.24, 2.45) is 5.92 Å². The van der Waals surface area contributed by atoms with Crippen LogP contribution in [-0.4, -0.2) is 35.5 Å². The summed E-state index contributed by atoms with van der Waals surface area (Å²) in [7, 11) is 1.68. The minimum Gasteiger partial charge on any atom is -0.481 e. The maximum absolute atomic E-state index is 12.1. The van der Waals surface area contributed by atoms with Crippen molar-refractivity contribution in [1.29, 1.82) is 0 Å². The molecule has 0 spiro atoms. The molecule has 0 aromatic carbocycles. The van der Waals surface area contributed by atoms with E-state index in [1.54, 1.807) is 23.3 Å². The van der Waals surface area contributed by atoms with Crippen LogP contribution in [0.15, 0.2) is 11.4 Å². The minimum absolute atomic E-state index is 0.0116. The molecule has 0 aliphatic heterocycles. The molecule has 1 aromatic heterocycles. The second-order valence-corrected chi connectivity index (χ2v) is 5.77. The predicted molar refractivity (Wildman–Crippen MR) is 69.8 cm³/mol. The molecule has 18 heavy (non-hydrogen) atoms. The van der Waals surface area contributed by atoms with Crippen molar-refractivity contribution in [2.75, 3.05) is 13.6 Å². The number of carboxylic acid groups (broad SMARTS) is 1. The van der Waals surface area contributed by atoms with E-state index < -0.39 is 5.97 Å². The lowest BCUT2D eigenvalue weighted by Crippen LogP contribution is -2.30. The fourth-order valence-electron chi connectivity index (χ4n) is 2.18. The molecule has 1 saturated carbocycles. The molecule has 5 heteroatoms. The van der Waals surface area contributed by atoms with Crippen molar-refractivity contribution in [3.8, 4) is 0 Å². The van der Waals surface area contributed by atoms with E-state index in [4.69, 9.17) is 5.11 Å². The standard InChI is InChI=1S/C13H17NO3S/c1-8-4-6-18-12(8)9-7-10(9)13(17)14(2)5-3-11(15)16/h4,6,9-10H,3,5,7H2,1-2H3,(H,15,16)/t9-,10-/m0/s1. The highest BCUT2D eigenvalue weighted by Crippen LogP contribution is 2.51. The Bertz CT molecular complexity index is 469. The van der Waals surface area contributed by atoms with Crippen LogP contribution in [0.3, 0.4) is 0 Å². The van der Waals surface area contributed by atoms with Gasteiger partial charge in [-0.3, -0.25) is 9.59 Å². The van der Waals surface area contributed by atoms with Crippen molar-refractivity contribution < 1.29 is 14.7 Å². The minimum atomic E-state index is -0.865. The van der Waals surface area contributed by atoms with E-state index in [0.29, 0.717) is 12.5 Å². The van der Waals surface area contributed by atoms with Crippen LogP contribution >= 0.6 is 11.3 Å². The van der Waals surface area contributed by atoms with Gasteiger partial charge in [0, 0.05) is 30.3 Å². The highest BCUT2D eigenvalue weighted by atomic mass is 32.1. The Morgan fingerprint density at radius 2 is 2.28 bits per heavy atom. The Balaban J connectivity index is 1.89. The number of carbonyl (C=O) groups excluding carboxylic acids is 1. The van der Waals surface area contributed by atoms with Crippen LogP contribution in [-0.2, 0) is 9.59 Å². The van der Waals surface area contributed by atoms with Crippen LogP contribution in [0, 0.1) is 12.8 Å². The average molecular weight is 267 g/mol. The van der Waals surface area contributed by atoms with E-state index in [1.165, 1.54) is 10.4 Å².